The van der Waals surface area contributed by atoms with Crippen molar-refractivity contribution in [2.45, 2.75) is 37.2 Å². The van der Waals surface area contributed by atoms with Gasteiger partial charge < -0.3 is 15.0 Å². The first-order chi connectivity index (χ1) is 13.0. The van der Waals surface area contributed by atoms with Gasteiger partial charge in [0.05, 0.1) is 28.9 Å². The number of nitrogens with one attached hydrogen (secondary N) is 2. The molecule has 3 rings (SSSR count). The molecule has 27 heavy (non-hydrogen) atoms. The number of halogens is 1. The largest absolute Gasteiger partial charge is 0.494 e. The van der Waals surface area contributed by atoms with Gasteiger partial charge in [-0.1, -0.05) is 23.9 Å². The van der Waals surface area contributed by atoms with Crippen molar-refractivity contribution in [2.24, 2.45) is 0 Å². The number of imidazole rings is 1. The number of aromatic nitrogens is 2. The number of nitrogens with zero attached hydrogens (tertiary/aromatic N) is 1. The third kappa shape index (κ3) is 4.80. The Balaban J connectivity index is 1.63. The molecule has 1 amide bonds. The molecular weight excluding hydrogens is 365 g/mol. The standard InChI is InChI=1S/C20H22FN3O2S/c1-4-26-16-9-10-17-18(11-16)24-20(23-17)27-13(3)19(25)22-12(2)14-5-7-15(21)8-6-14/h5-13H,4H2,1-3H3,(H,22,25)(H,23,24)/t12-,13-/m1/s1. The predicted octanol–water partition coefficient (Wildman–Crippen LogP) is 4.46. The zero-order chi connectivity index (χ0) is 19.4. The van der Waals surface area contributed by atoms with Crippen molar-refractivity contribution >= 4 is 28.7 Å². The molecule has 0 radical (unpaired) electrons. The fourth-order valence-corrected chi connectivity index (χ4v) is 3.49. The van der Waals surface area contributed by atoms with E-state index in [1.807, 2.05) is 39.0 Å². The Morgan fingerprint density at radius 1 is 1.26 bits per heavy atom. The number of hydrogen-bond donors (Lipinski definition) is 2. The van der Waals surface area contributed by atoms with Crippen LogP contribution in [0.4, 0.5) is 4.39 Å². The van der Waals surface area contributed by atoms with E-state index in [0.717, 1.165) is 22.3 Å². The number of ether oxygens (including phenoxy) is 1. The zero-order valence-corrected chi connectivity index (χ0v) is 16.3. The summed E-state index contributed by atoms with van der Waals surface area (Å²) < 4.78 is 18.5. The van der Waals surface area contributed by atoms with Gasteiger partial charge in [0, 0.05) is 6.07 Å². The Bertz CT molecular complexity index is 927. The number of carbonyl (C=O) groups excluding carboxylic acids is 1. The summed E-state index contributed by atoms with van der Waals surface area (Å²) in [6, 6.07) is 11.6. The number of hydrogen-bond acceptors (Lipinski definition) is 4. The first kappa shape index (κ1) is 19.2. The quantitative estimate of drug-likeness (QED) is 0.588. The van der Waals surface area contributed by atoms with Crippen molar-refractivity contribution in [1.82, 2.24) is 15.3 Å². The van der Waals surface area contributed by atoms with E-state index in [9.17, 15) is 9.18 Å². The van der Waals surface area contributed by atoms with Crippen LogP contribution in [0.2, 0.25) is 0 Å². The molecule has 0 aliphatic carbocycles. The molecule has 0 spiro atoms. The van der Waals surface area contributed by atoms with Crippen LogP contribution >= 0.6 is 11.8 Å². The van der Waals surface area contributed by atoms with E-state index >= 15 is 0 Å². The highest BCUT2D eigenvalue weighted by Crippen LogP contribution is 2.26. The van der Waals surface area contributed by atoms with Crippen LogP contribution in [0.5, 0.6) is 5.75 Å². The molecule has 5 nitrogen and oxygen atoms in total. The summed E-state index contributed by atoms with van der Waals surface area (Å²) in [5.74, 6) is 0.384. The third-order valence-corrected chi connectivity index (χ3v) is 5.11. The third-order valence-electron chi connectivity index (χ3n) is 4.13. The number of fused-ring (bicyclic) bond motifs is 1. The summed E-state index contributed by atoms with van der Waals surface area (Å²) in [6.07, 6.45) is 0. The average Bonchev–Trinajstić information content (AvgIpc) is 3.03. The van der Waals surface area contributed by atoms with E-state index in [4.69, 9.17) is 4.74 Å². The van der Waals surface area contributed by atoms with E-state index in [1.54, 1.807) is 12.1 Å². The lowest BCUT2D eigenvalue weighted by molar-refractivity contribution is -0.120. The second kappa shape index (κ2) is 8.43. The monoisotopic (exact) mass is 387 g/mol. The topological polar surface area (TPSA) is 67.0 Å². The number of benzene rings is 2. The first-order valence-electron chi connectivity index (χ1n) is 8.81. The Labute approximate surface area is 161 Å². The number of rotatable bonds is 7. The van der Waals surface area contributed by atoms with Crippen LogP contribution in [0.3, 0.4) is 0 Å². The summed E-state index contributed by atoms with van der Waals surface area (Å²) in [7, 11) is 0. The minimum absolute atomic E-state index is 0.104. The van der Waals surface area contributed by atoms with Crippen LogP contribution in [0, 0.1) is 5.82 Å². The maximum absolute atomic E-state index is 13.0. The molecule has 2 N–H and O–H groups in total. The minimum Gasteiger partial charge on any atom is -0.494 e. The van der Waals surface area contributed by atoms with Crippen LogP contribution in [0.15, 0.2) is 47.6 Å². The molecule has 3 aromatic rings. The summed E-state index contributed by atoms with van der Waals surface area (Å²) in [6.45, 7) is 6.24. The van der Waals surface area contributed by atoms with Crippen molar-refractivity contribution in [3.05, 3.63) is 53.8 Å². The van der Waals surface area contributed by atoms with Gasteiger partial charge >= 0.3 is 0 Å². The maximum atomic E-state index is 13.0. The summed E-state index contributed by atoms with van der Waals surface area (Å²) in [5.41, 5.74) is 2.55. The molecule has 0 saturated heterocycles. The molecule has 0 aliphatic heterocycles. The molecule has 1 aromatic heterocycles. The van der Waals surface area contributed by atoms with E-state index in [1.165, 1.54) is 23.9 Å². The first-order valence-corrected chi connectivity index (χ1v) is 9.69. The summed E-state index contributed by atoms with van der Waals surface area (Å²) in [5, 5.41) is 3.29. The lowest BCUT2D eigenvalue weighted by atomic mass is 10.1. The van der Waals surface area contributed by atoms with Crippen LogP contribution in [0.25, 0.3) is 11.0 Å². The molecule has 7 heteroatoms. The van der Waals surface area contributed by atoms with Gasteiger partial charge in [0.15, 0.2) is 5.16 Å². The highest BCUT2D eigenvalue weighted by atomic mass is 32.2. The van der Waals surface area contributed by atoms with Gasteiger partial charge in [0.1, 0.15) is 11.6 Å². The Morgan fingerprint density at radius 3 is 2.70 bits per heavy atom. The van der Waals surface area contributed by atoms with E-state index in [0.29, 0.717) is 11.8 Å². The van der Waals surface area contributed by atoms with Gasteiger partial charge in [-0.3, -0.25) is 4.79 Å². The fraction of sp³-hybridized carbons (Fsp3) is 0.300. The Hall–Kier alpha value is -2.54. The Morgan fingerprint density at radius 2 is 2.00 bits per heavy atom. The van der Waals surface area contributed by atoms with Crippen molar-refractivity contribution < 1.29 is 13.9 Å². The van der Waals surface area contributed by atoms with Gasteiger partial charge in [-0.05, 0) is 50.6 Å². The van der Waals surface area contributed by atoms with Gasteiger partial charge in [0.25, 0.3) is 0 Å². The van der Waals surface area contributed by atoms with Gasteiger partial charge in [0.2, 0.25) is 5.91 Å². The lowest BCUT2D eigenvalue weighted by Crippen LogP contribution is -2.33. The number of aromatic amines is 1. The number of thioether (sulfide) groups is 1. The van der Waals surface area contributed by atoms with Crippen molar-refractivity contribution in [1.29, 1.82) is 0 Å². The van der Waals surface area contributed by atoms with Crippen molar-refractivity contribution in [2.75, 3.05) is 6.61 Å². The lowest BCUT2D eigenvalue weighted by Gasteiger charge is -2.17. The van der Waals surface area contributed by atoms with E-state index < -0.39 is 0 Å². The molecule has 0 bridgehead atoms. The highest BCUT2D eigenvalue weighted by molar-refractivity contribution is 8.00. The van der Waals surface area contributed by atoms with E-state index in [-0.39, 0.29) is 23.0 Å². The second-order valence-corrected chi connectivity index (χ2v) is 7.53. The normalized spacial score (nSPS) is 13.3. The highest BCUT2D eigenvalue weighted by Gasteiger charge is 2.19. The second-order valence-electron chi connectivity index (χ2n) is 6.20. The zero-order valence-electron chi connectivity index (χ0n) is 15.5. The van der Waals surface area contributed by atoms with Crippen LogP contribution in [-0.2, 0) is 4.79 Å². The summed E-state index contributed by atoms with van der Waals surface area (Å²) >= 11 is 1.36. The van der Waals surface area contributed by atoms with Crippen LogP contribution in [-0.4, -0.2) is 27.7 Å². The average molecular weight is 387 g/mol. The molecule has 2 atom stereocenters. The van der Waals surface area contributed by atoms with Gasteiger partial charge in [-0.15, -0.1) is 0 Å². The number of H-pyrrole nitrogens is 1. The summed E-state index contributed by atoms with van der Waals surface area (Å²) in [4.78, 5) is 20.2. The molecule has 0 saturated carbocycles. The maximum Gasteiger partial charge on any atom is 0.233 e. The van der Waals surface area contributed by atoms with Gasteiger partial charge in [-0.25, -0.2) is 9.37 Å². The molecule has 0 aliphatic rings. The molecule has 0 unspecified atom stereocenters. The number of amides is 1. The fourth-order valence-electron chi connectivity index (χ4n) is 2.66. The van der Waals surface area contributed by atoms with Gasteiger partial charge in [-0.2, -0.15) is 0 Å². The van der Waals surface area contributed by atoms with Crippen LogP contribution in [0.1, 0.15) is 32.4 Å². The number of carbonyl (C=O) groups is 1. The molecule has 1 heterocycles. The van der Waals surface area contributed by atoms with Crippen LogP contribution < -0.4 is 10.1 Å². The predicted molar refractivity (Wildman–Crippen MR) is 106 cm³/mol. The molecule has 142 valence electrons. The van der Waals surface area contributed by atoms with Crippen molar-refractivity contribution in [3.8, 4) is 5.75 Å². The molecular formula is C20H22FN3O2S. The Kier molecular flexibility index (Phi) is 6.01. The molecule has 0 fully saturated rings. The smallest absolute Gasteiger partial charge is 0.233 e. The van der Waals surface area contributed by atoms with Crippen molar-refractivity contribution in [3.63, 3.8) is 0 Å². The minimum atomic E-state index is -0.333. The molecule has 2 aromatic carbocycles. The van der Waals surface area contributed by atoms with E-state index in [2.05, 4.69) is 15.3 Å². The SMILES string of the molecule is CCOc1ccc2nc(S[C@H](C)C(=O)N[C@H](C)c3ccc(F)cc3)[nH]c2c1.